The first-order valence-electron chi connectivity index (χ1n) is 6.22. The first-order chi connectivity index (χ1) is 6.88. The zero-order chi connectivity index (χ0) is 9.80. The van der Waals surface area contributed by atoms with Gasteiger partial charge in [-0.1, -0.05) is 32.1 Å². The van der Waals surface area contributed by atoms with Crippen molar-refractivity contribution >= 4 is 5.84 Å². The molecule has 2 aliphatic rings. The molecule has 1 N–H and O–H groups in total. The zero-order valence-electron chi connectivity index (χ0n) is 9.10. The quantitative estimate of drug-likeness (QED) is 0.682. The summed E-state index contributed by atoms with van der Waals surface area (Å²) in [4.78, 5) is 2.38. The van der Waals surface area contributed by atoms with E-state index in [0.717, 1.165) is 18.8 Å². The largest absolute Gasteiger partial charge is 0.358 e. The molecule has 2 fully saturated rings. The van der Waals surface area contributed by atoms with Crippen LogP contribution in [0.2, 0.25) is 0 Å². The van der Waals surface area contributed by atoms with E-state index in [4.69, 9.17) is 5.41 Å². The van der Waals surface area contributed by atoms with Crippen molar-refractivity contribution in [3.63, 3.8) is 0 Å². The summed E-state index contributed by atoms with van der Waals surface area (Å²) in [7, 11) is 0. The highest BCUT2D eigenvalue weighted by Crippen LogP contribution is 2.24. The Morgan fingerprint density at radius 2 is 1.57 bits per heavy atom. The Bertz CT molecular complexity index is 192. The standard InChI is InChI=1S/C12H22N2/c13-12-9-6-10-14(12)11-7-4-2-1-3-5-8-11/h11,13H,1-10H2. The lowest BCUT2D eigenvalue weighted by Gasteiger charge is -2.30. The van der Waals surface area contributed by atoms with E-state index in [9.17, 15) is 0 Å². The summed E-state index contributed by atoms with van der Waals surface area (Å²) in [6, 6.07) is 0.713. The third-order valence-electron chi connectivity index (χ3n) is 3.67. The van der Waals surface area contributed by atoms with Gasteiger partial charge in [0.25, 0.3) is 0 Å². The van der Waals surface area contributed by atoms with Gasteiger partial charge >= 0.3 is 0 Å². The molecule has 0 aromatic carbocycles. The van der Waals surface area contributed by atoms with Crippen molar-refractivity contribution in [3.05, 3.63) is 0 Å². The van der Waals surface area contributed by atoms with Crippen LogP contribution in [0.3, 0.4) is 0 Å². The molecule has 0 aromatic heterocycles. The van der Waals surface area contributed by atoms with Crippen LogP contribution < -0.4 is 0 Å². The topological polar surface area (TPSA) is 27.1 Å². The summed E-state index contributed by atoms with van der Waals surface area (Å²) in [5.41, 5.74) is 0. The zero-order valence-corrected chi connectivity index (χ0v) is 9.10. The average molecular weight is 194 g/mol. The maximum absolute atomic E-state index is 7.89. The van der Waals surface area contributed by atoms with Crippen molar-refractivity contribution in [2.24, 2.45) is 0 Å². The van der Waals surface area contributed by atoms with Crippen molar-refractivity contribution < 1.29 is 0 Å². The lowest BCUT2D eigenvalue weighted by Crippen LogP contribution is -2.36. The van der Waals surface area contributed by atoms with Crippen LogP contribution in [0.4, 0.5) is 0 Å². The monoisotopic (exact) mass is 194 g/mol. The van der Waals surface area contributed by atoms with E-state index < -0.39 is 0 Å². The summed E-state index contributed by atoms with van der Waals surface area (Å²) < 4.78 is 0. The van der Waals surface area contributed by atoms with Gasteiger partial charge in [-0.2, -0.15) is 0 Å². The number of nitrogens with one attached hydrogen (secondary N) is 1. The molecule has 2 rings (SSSR count). The van der Waals surface area contributed by atoms with Crippen LogP contribution in [0.15, 0.2) is 0 Å². The van der Waals surface area contributed by atoms with Gasteiger partial charge in [0.15, 0.2) is 0 Å². The van der Waals surface area contributed by atoms with Crippen LogP contribution in [0.1, 0.15) is 57.8 Å². The molecule has 0 radical (unpaired) electrons. The van der Waals surface area contributed by atoms with E-state index in [1.807, 2.05) is 0 Å². The first kappa shape index (κ1) is 10.0. The van der Waals surface area contributed by atoms with Crippen LogP contribution in [0.25, 0.3) is 0 Å². The predicted octanol–water partition coefficient (Wildman–Crippen LogP) is 3.17. The Labute approximate surface area is 87.2 Å². The second kappa shape index (κ2) is 4.81. The Balaban J connectivity index is 1.90. The second-order valence-corrected chi connectivity index (χ2v) is 4.74. The first-order valence-corrected chi connectivity index (χ1v) is 6.22. The fraction of sp³-hybridized carbons (Fsp3) is 0.917. The van der Waals surface area contributed by atoms with Crippen LogP contribution in [0, 0.1) is 5.41 Å². The fourth-order valence-corrected chi connectivity index (χ4v) is 2.84. The number of rotatable bonds is 1. The van der Waals surface area contributed by atoms with Gasteiger partial charge in [0.05, 0.1) is 5.84 Å². The SMILES string of the molecule is N=C1CCCN1C1CCCCCCC1. The number of likely N-dealkylation sites (tertiary alicyclic amines) is 1. The normalized spacial score (nSPS) is 26.3. The number of nitrogens with zero attached hydrogens (tertiary/aromatic N) is 1. The van der Waals surface area contributed by atoms with Crippen molar-refractivity contribution in [2.45, 2.75) is 63.8 Å². The molecule has 1 heterocycles. The molecule has 1 saturated heterocycles. The second-order valence-electron chi connectivity index (χ2n) is 4.74. The van der Waals surface area contributed by atoms with Gasteiger partial charge in [-0.05, 0) is 19.3 Å². The van der Waals surface area contributed by atoms with E-state index >= 15 is 0 Å². The lowest BCUT2D eigenvalue weighted by atomic mass is 9.96. The highest BCUT2D eigenvalue weighted by Gasteiger charge is 2.24. The van der Waals surface area contributed by atoms with Crippen molar-refractivity contribution in [3.8, 4) is 0 Å². The summed E-state index contributed by atoms with van der Waals surface area (Å²) in [6.45, 7) is 1.16. The highest BCUT2D eigenvalue weighted by molar-refractivity contribution is 5.81. The molecule has 0 unspecified atom stereocenters. The maximum atomic E-state index is 7.89. The number of amidine groups is 1. The average Bonchev–Trinajstić information content (AvgIpc) is 2.51. The third kappa shape index (κ3) is 2.28. The minimum atomic E-state index is 0.713. The van der Waals surface area contributed by atoms with Gasteiger partial charge < -0.3 is 4.90 Å². The Morgan fingerprint density at radius 3 is 2.14 bits per heavy atom. The Hall–Kier alpha value is -0.530. The van der Waals surface area contributed by atoms with E-state index in [-0.39, 0.29) is 0 Å². The fourth-order valence-electron chi connectivity index (χ4n) is 2.84. The molecule has 2 nitrogen and oxygen atoms in total. The molecule has 80 valence electrons. The molecule has 0 atom stereocenters. The minimum Gasteiger partial charge on any atom is -0.358 e. The summed E-state index contributed by atoms with van der Waals surface area (Å²) in [6.07, 6.45) is 11.9. The minimum absolute atomic E-state index is 0.713. The maximum Gasteiger partial charge on any atom is 0.0960 e. The van der Waals surface area contributed by atoms with Crippen LogP contribution in [0.5, 0.6) is 0 Å². The Morgan fingerprint density at radius 1 is 0.929 bits per heavy atom. The molecule has 1 aliphatic heterocycles. The smallest absolute Gasteiger partial charge is 0.0960 e. The van der Waals surface area contributed by atoms with Crippen LogP contribution in [-0.2, 0) is 0 Å². The molecule has 2 heteroatoms. The molecule has 0 bridgehead atoms. The number of hydrogen-bond acceptors (Lipinski definition) is 1. The summed E-state index contributed by atoms with van der Waals surface area (Å²) >= 11 is 0. The summed E-state index contributed by atoms with van der Waals surface area (Å²) in [5.74, 6) is 0.913. The summed E-state index contributed by atoms with van der Waals surface area (Å²) in [5, 5.41) is 7.89. The van der Waals surface area contributed by atoms with Crippen molar-refractivity contribution in [1.29, 1.82) is 5.41 Å². The predicted molar refractivity (Wildman–Crippen MR) is 59.8 cm³/mol. The molecule has 0 aromatic rings. The van der Waals surface area contributed by atoms with Gasteiger partial charge in [-0.15, -0.1) is 0 Å². The van der Waals surface area contributed by atoms with E-state index in [1.165, 1.54) is 51.4 Å². The van der Waals surface area contributed by atoms with Crippen molar-refractivity contribution in [1.82, 2.24) is 4.90 Å². The third-order valence-corrected chi connectivity index (χ3v) is 3.67. The molecule has 1 saturated carbocycles. The van der Waals surface area contributed by atoms with Crippen molar-refractivity contribution in [2.75, 3.05) is 6.54 Å². The van der Waals surface area contributed by atoms with Crippen LogP contribution in [-0.4, -0.2) is 23.3 Å². The van der Waals surface area contributed by atoms with E-state index in [2.05, 4.69) is 4.90 Å². The van der Waals surface area contributed by atoms with E-state index in [0.29, 0.717) is 6.04 Å². The van der Waals surface area contributed by atoms with Gasteiger partial charge in [0.1, 0.15) is 0 Å². The molecular weight excluding hydrogens is 172 g/mol. The Kier molecular flexibility index (Phi) is 3.44. The van der Waals surface area contributed by atoms with Gasteiger partial charge in [0, 0.05) is 19.0 Å². The molecule has 0 spiro atoms. The molecular formula is C12H22N2. The number of hydrogen-bond donors (Lipinski definition) is 1. The van der Waals surface area contributed by atoms with Gasteiger partial charge in [-0.25, -0.2) is 0 Å². The lowest BCUT2D eigenvalue weighted by molar-refractivity contribution is 0.272. The van der Waals surface area contributed by atoms with E-state index in [1.54, 1.807) is 0 Å². The van der Waals surface area contributed by atoms with Crippen LogP contribution >= 0.6 is 0 Å². The highest BCUT2D eigenvalue weighted by atomic mass is 15.2. The molecule has 14 heavy (non-hydrogen) atoms. The molecule has 1 aliphatic carbocycles. The van der Waals surface area contributed by atoms with Gasteiger partial charge in [-0.3, -0.25) is 5.41 Å². The van der Waals surface area contributed by atoms with Gasteiger partial charge in [0.2, 0.25) is 0 Å². The molecule has 0 amide bonds.